The molecule has 3 aromatic rings. The van der Waals surface area contributed by atoms with Crippen LogP contribution in [0.2, 0.25) is 0 Å². The van der Waals surface area contributed by atoms with Gasteiger partial charge in [-0.3, -0.25) is 14.6 Å². The number of hydrogen-bond donors (Lipinski definition) is 1. The Kier molecular flexibility index (Phi) is 3.53. The van der Waals surface area contributed by atoms with Crippen LogP contribution >= 0.6 is 12.2 Å². The largest absolute Gasteiger partial charge is 0.418 e. The molecule has 112 valence electrons. The Bertz CT molecular complexity index is 852. The zero-order valence-electron chi connectivity index (χ0n) is 11.0. The summed E-state index contributed by atoms with van der Waals surface area (Å²) >= 11 is 5.10. The van der Waals surface area contributed by atoms with Gasteiger partial charge in [-0.15, -0.1) is 0 Å². The van der Waals surface area contributed by atoms with Gasteiger partial charge in [0.15, 0.2) is 10.6 Å². The van der Waals surface area contributed by atoms with E-state index < -0.39 is 11.7 Å². The van der Waals surface area contributed by atoms with Crippen molar-refractivity contribution in [2.45, 2.75) is 6.18 Å². The molecule has 2 heterocycles. The number of rotatable bonds is 2. The van der Waals surface area contributed by atoms with Crippen molar-refractivity contribution in [3.8, 4) is 17.1 Å². The molecule has 1 aromatic carbocycles. The average molecular weight is 322 g/mol. The molecule has 0 atom stereocenters. The lowest BCUT2D eigenvalue weighted by molar-refractivity contribution is -0.137. The van der Waals surface area contributed by atoms with Gasteiger partial charge in [0, 0.05) is 18.0 Å². The summed E-state index contributed by atoms with van der Waals surface area (Å²) < 4.78 is 41.0. The maximum absolute atomic E-state index is 13.2. The van der Waals surface area contributed by atoms with Crippen LogP contribution in [0, 0.1) is 4.77 Å². The smallest absolute Gasteiger partial charge is 0.268 e. The number of aromatic nitrogens is 4. The van der Waals surface area contributed by atoms with Gasteiger partial charge in [0.05, 0.1) is 11.3 Å². The zero-order valence-corrected chi connectivity index (χ0v) is 11.8. The highest BCUT2D eigenvalue weighted by Gasteiger charge is 2.34. The Labute approximate surface area is 128 Å². The number of alkyl halides is 3. The predicted octanol–water partition coefficient (Wildman–Crippen LogP) is 4.01. The molecule has 0 spiro atoms. The van der Waals surface area contributed by atoms with Crippen molar-refractivity contribution in [1.82, 2.24) is 19.7 Å². The third-order valence-electron chi connectivity index (χ3n) is 3.06. The van der Waals surface area contributed by atoms with Crippen LogP contribution in [0.25, 0.3) is 17.1 Å². The van der Waals surface area contributed by atoms with Gasteiger partial charge in [-0.05, 0) is 36.5 Å². The summed E-state index contributed by atoms with van der Waals surface area (Å²) in [6.45, 7) is 0. The van der Waals surface area contributed by atoms with Crippen molar-refractivity contribution in [3.05, 3.63) is 59.1 Å². The molecule has 0 amide bonds. The molecular formula is C14H9F3N4S. The van der Waals surface area contributed by atoms with Crippen LogP contribution in [0.5, 0.6) is 0 Å². The monoisotopic (exact) mass is 322 g/mol. The predicted molar refractivity (Wildman–Crippen MR) is 77.0 cm³/mol. The molecule has 0 aliphatic carbocycles. The molecule has 8 heteroatoms. The number of para-hydroxylation sites is 1. The van der Waals surface area contributed by atoms with Crippen molar-refractivity contribution < 1.29 is 13.2 Å². The average Bonchev–Trinajstić information content (AvgIpc) is 2.89. The molecular weight excluding hydrogens is 313 g/mol. The molecule has 22 heavy (non-hydrogen) atoms. The molecule has 2 aromatic heterocycles. The van der Waals surface area contributed by atoms with Gasteiger partial charge in [-0.1, -0.05) is 12.1 Å². The summed E-state index contributed by atoms with van der Waals surface area (Å²) in [6, 6.07) is 8.53. The summed E-state index contributed by atoms with van der Waals surface area (Å²) in [6.07, 6.45) is -1.42. The van der Waals surface area contributed by atoms with E-state index in [0.29, 0.717) is 11.4 Å². The third-order valence-corrected chi connectivity index (χ3v) is 3.34. The first-order chi connectivity index (χ1) is 10.5. The molecule has 0 bridgehead atoms. The number of nitrogens with zero attached hydrogens (tertiary/aromatic N) is 3. The highest BCUT2D eigenvalue weighted by atomic mass is 32.1. The Morgan fingerprint density at radius 2 is 1.73 bits per heavy atom. The van der Waals surface area contributed by atoms with Crippen LogP contribution in [-0.2, 0) is 6.18 Å². The van der Waals surface area contributed by atoms with Crippen LogP contribution in [0.4, 0.5) is 13.2 Å². The van der Waals surface area contributed by atoms with E-state index in [0.717, 1.165) is 6.07 Å². The molecule has 0 saturated carbocycles. The van der Waals surface area contributed by atoms with Gasteiger partial charge in [-0.2, -0.15) is 18.3 Å². The summed E-state index contributed by atoms with van der Waals surface area (Å²) in [5, 5.41) is 6.58. The van der Waals surface area contributed by atoms with Crippen molar-refractivity contribution in [2.75, 3.05) is 0 Å². The molecule has 0 radical (unpaired) electrons. The van der Waals surface area contributed by atoms with Gasteiger partial charge in [-0.25, -0.2) is 0 Å². The minimum Gasteiger partial charge on any atom is -0.268 e. The SMILES string of the molecule is FC(F)(F)c1ccccc1-n1c(-c2ccncc2)n[nH]c1=S. The molecule has 4 nitrogen and oxygen atoms in total. The Balaban J connectivity index is 2.28. The minimum atomic E-state index is -4.49. The first-order valence-corrected chi connectivity index (χ1v) is 6.64. The molecule has 0 aliphatic rings. The quantitative estimate of drug-likeness (QED) is 0.725. The number of hydrogen-bond acceptors (Lipinski definition) is 3. The van der Waals surface area contributed by atoms with Crippen LogP contribution in [-0.4, -0.2) is 19.7 Å². The summed E-state index contributed by atoms with van der Waals surface area (Å²) in [7, 11) is 0. The van der Waals surface area contributed by atoms with Crippen LogP contribution in [0.3, 0.4) is 0 Å². The number of aromatic amines is 1. The molecule has 0 unspecified atom stereocenters. The van der Waals surface area contributed by atoms with Crippen molar-refractivity contribution in [1.29, 1.82) is 0 Å². The van der Waals surface area contributed by atoms with Crippen LogP contribution in [0.15, 0.2) is 48.8 Å². The maximum atomic E-state index is 13.2. The second-order valence-electron chi connectivity index (χ2n) is 4.44. The number of nitrogens with one attached hydrogen (secondary N) is 1. The van der Waals surface area contributed by atoms with E-state index in [1.807, 2.05) is 0 Å². The van der Waals surface area contributed by atoms with E-state index in [1.165, 1.54) is 35.2 Å². The minimum absolute atomic E-state index is 0.0689. The van der Waals surface area contributed by atoms with E-state index in [2.05, 4.69) is 15.2 Å². The number of halogens is 3. The topological polar surface area (TPSA) is 46.5 Å². The van der Waals surface area contributed by atoms with Gasteiger partial charge < -0.3 is 0 Å². The zero-order chi connectivity index (χ0) is 15.7. The van der Waals surface area contributed by atoms with E-state index in [9.17, 15) is 13.2 Å². The Morgan fingerprint density at radius 3 is 2.41 bits per heavy atom. The number of benzene rings is 1. The lowest BCUT2D eigenvalue weighted by Crippen LogP contribution is -2.11. The van der Waals surface area contributed by atoms with Crippen LogP contribution in [0.1, 0.15) is 5.56 Å². The van der Waals surface area contributed by atoms with E-state index in [4.69, 9.17) is 12.2 Å². The van der Waals surface area contributed by atoms with Crippen molar-refractivity contribution in [3.63, 3.8) is 0 Å². The second-order valence-corrected chi connectivity index (χ2v) is 4.83. The van der Waals surface area contributed by atoms with Gasteiger partial charge in [0.25, 0.3) is 0 Å². The Hall–Kier alpha value is -2.48. The second kappa shape index (κ2) is 5.38. The molecule has 0 saturated heterocycles. The first-order valence-electron chi connectivity index (χ1n) is 6.23. The molecule has 1 N–H and O–H groups in total. The molecule has 0 fully saturated rings. The lowest BCUT2D eigenvalue weighted by atomic mass is 10.1. The van der Waals surface area contributed by atoms with Gasteiger partial charge >= 0.3 is 6.18 Å². The van der Waals surface area contributed by atoms with Crippen molar-refractivity contribution in [2.24, 2.45) is 0 Å². The number of pyridine rings is 1. The van der Waals surface area contributed by atoms with E-state index in [1.54, 1.807) is 12.1 Å². The maximum Gasteiger partial charge on any atom is 0.418 e. The number of H-pyrrole nitrogens is 1. The standard InChI is InChI=1S/C14H9F3N4S/c15-14(16,17)10-3-1-2-4-11(10)21-12(19-20-13(21)22)9-5-7-18-8-6-9/h1-8H,(H,20,22). The fourth-order valence-electron chi connectivity index (χ4n) is 2.12. The fraction of sp³-hybridized carbons (Fsp3) is 0.0714. The van der Waals surface area contributed by atoms with Gasteiger partial charge in [0.1, 0.15) is 0 Å². The summed E-state index contributed by atoms with van der Waals surface area (Å²) in [5.41, 5.74) is -0.234. The van der Waals surface area contributed by atoms with Crippen molar-refractivity contribution >= 4 is 12.2 Å². The highest BCUT2D eigenvalue weighted by Crippen LogP contribution is 2.35. The summed E-state index contributed by atoms with van der Waals surface area (Å²) in [4.78, 5) is 3.88. The first kappa shape index (κ1) is 14.5. The van der Waals surface area contributed by atoms with Gasteiger partial charge in [0.2, 0.25) is 0 Å². The third kappa shape index (κ3) is 2.52. The lowest BCUT2D eigenvalue weighted by Gasteiger charge is -2.14. The van der Waals surface area contributed by atoms with Crippen LogP contribution < -0.4 is 0 Å². The summed E-state index contributed by atoms with van der Waals surface area (Å²) in [5.74, 6) is 0.295. The normalized spacial score (nSPS) is 11.6. The fourth-order valence-corrected chi connectivity index (χ4v) is 2.35. The highest BCUT2D eigenvalue weighted by molar-refractivity contribution is 7.71. The molecule has 0 aliphatic heterocycles. The Morgan fingerprint density at radius 1 is 1.05 bits per heavy atom. The van der Waals surface area contributed by atoms with E-state index in [-0.39, 0.29) is 10.5 Å². The molecule has 3 rings (SSSR count). The van der Waals surface area contributed by atoms with E-state index >= 15 is 0 Å².